The Hall–Kier alpha value is -4.45. The molecule has 0 spiro atoms. The smallest absolute Gasteiger partial charge is 0.301 e. The minimum Gasteiger partial charge on any atom is -0.483 e. The zero-order chi connectivity index (χ0) is 34.7. The molecule has 0 bridgehead atoms. The number of aliphatic hydroxyl groups is 1. The summed E-state index contributed by atoms with van der Waals surface area (Å²) in [4.78, 5) is 29.5. The van der Waals surface area contributed by atoms with Gasteiger partial charge in [0, 0.05) is 30.3 Å². The molecule has 2 aromatic heterocycles. The van der Waals surface area contributed by atoms with E-state index in [1.54, 1.807) is 39.3 Å². The quantitative estimate of drug-likeness (QED) is 0.316. The molecule has 6 rings (SSSR count). The summed E-state index contributed by atoms with van der Waals surface area (Å²) in [6.45, 7) is 6.07. The number of amides is 1. The topological polar surface area (TPSA) is 146 Å². The summed E-state index contributed by atoms with van der Waals surface area (Å²) in [6, 6.07) is 12.8. The number of nitrogens with one attached hydrogen (secondary N) is 1. The van der Waals surface area contributed by atoms with Crippen LogP contribution < -0.4 is 14.8 Å². The van der Waals surface area contributed by atoms with Gasteiger partial charge in [-0.25, -0.2) is 18.7 Å². The van der Waals surface area contributed by atoms with Crippen molar-refractivity contribution in [2.45, 2.75) is 63.2 Å². The lowest BCUT2D eigenvalue weighted by Crippen LogP contribution is -2.57. The Kier molecular flexibility index (Phi) is 10.2. The van der Waals surface area contributed by atoms with E-state index < -0.39 is 36.5 Å². The normalized spacial score (nSPS) is 20.7. The fourth-order valence-electron chi connectivity index (χ4n) is 6.46. The fraction of sp³-hybridized carbons (Fsp3) is 0.514. The maximum atomic E-state index is 15.1. The van der Waals surface area contributed by atoms with Crippen molar-refractivity contribution in [3.8, 4) is 29.0 Å². The minimum absolute atomic E-state index is 0.00109. The summed E-state index contributed by atoms with van der Waals surface area (Å²) in [7, 11) is 1.61. The Labute approximate surface area is 284 Å². The molecule has 1 unspecified atom stereocenters. The average Bonchev–Trinajstić information content (AvgIpc) is 3.08. The molecule has 1 amide bonds. The van der Waals surface area contributed by atoms with E-state index >= 15 is 8.78 Å². The number of carbonyl (C=O) groups is 1. The number of alkyl halides is 2. The molecular weight excluding hydrogens is 636 g/mol. The summed E-state index contributed by atoms with van der Waals surface area (Å²) in [6.07, 6.45) is 0.549. The van der Waals surface area contributed by atoms with E-state index in [2.05, 4.69) is 25.2 Å². The highest BCUT2D eigenvalue weighted by molar-refractivity contribution is 5.81. The van der Waals surface area contributed by atoms with Crippen molar-refractivity contribution in [1.29, 1.82) is 5.26 Å². The number of aliphatic hydroxyl groups excluding tert-OH is 1. The fourth-order valence-corrected chi connectivity index (χ4v) is 6.46. The van der Waals surface area contributed by atoms with Crippen molar-refractivity contribution in [1.82, 2.24) is 24.8 Å². The van der Waals surface area contributed by atoms with Crippen molar-refractivity contribution in [3.05, 3.63) is 53.7 Å². The first-order chi connectivity index (χ1) is 23.6. The van der Waals surface area contributed by atoms with Gasteiger partial charge in [0.25, 0.3) is 5.91 Å². The number of halogens is 2. The third kappa shape index (κ3) is 7.59. The van der Waals surface area contributed by atoms with Gasteiger partial charge in [-0.1, -0.05) is 13.8 Å². The average molecular weight is 678 g/mol. The van der Waals surface area contributed by atoms with Crippen LogP contribution in [0.1, 0.15) is 50.2 Å². The van der Waals surface area contributed by atoms with Crippen LogP contribution in [0.4, 0.5) is 20.5 Å². The predicted octanol–water partition coefficient (Wildman–Crippen LogP) is 4.37. The van der Waals surface area contributed by atoms with E-state index in [4.69, 9.17) is 14.2 Å². The molecule has 0 radical (unpaired) electrons. The lowest BCUT2D eigenvalue weighted by atomic mass is 9.89. The van der Waals surface area contributed by atoms with Gasteiger partial charge in [0.05, 0.1) is 44.2 Å². The standard InChI is InChI=1S/C35H41F2N7O5/c1-21(2)31(45)33(46)44-15-11-29(35(36,37)20-44)49-28-6-4-23(16-24(28)17-38)27-8-12-39-34(40-27)42-30-7-5-26(32(41-30)47-3)22-9-13-43(14-10-22)25-18-48-19-25/h4-8,12,16,21-22,25,29,31,45H,9-11,13-15,18-20H2,1-3H3,(H,39,40,41,42)/t29?,31-/m1/s1. The number of ether oxygens (including phenoxy) is 3. The summed E-state index contributed by atoms with van der Waals surface area (Å²) in [5.41, 5.74) is 2.18. The number of nitriles is 1. The number of hydrogen-bond donors (Lipinski definition) is 2. The first-order valence-corrected chi connectivity index (χ1v) is 16.6. The number of rotatable bonds is 10. The first-order valence-electron chi connectivity index (χ1n) is 16.6. The molecule has 0 aliphatic carbocycles. The van der Waals surface area contributed by atoms with Gasteiger partial charge in [-0.3, -0.25) is 9.69 Å². The number of nitrogens with zero attached hydrogens (tertiary/aromatic N) is 6. The number of carbonyl (C=O) groups excluding carboxylic acids is 1. The lowest BCUT2D eigenvalue weighted by molar-refractivity contribution is -0.167. The number of pyridine rings is 1. The van der Waals surface area contributed by atoms with Gasteiger partial charge in [-0.2, -0.15) is 10.2 Å². The second-order valence-corrected chi connectivity index (χ2v) is 13.1. The van der Waals surface area contributed by atoms with Crippen LogP contribution in [-0.2, 0) is 9.53 Å². The molecule has 3 aliphatic heterocycles. The highest BCUT2D eigenvalue weighted by Crippen LogP contribution is 2.36. The molecule has 12 nitrogen and oxygen atoms in total. The van der Waals surface area contributed by atoms with Crippen LogP contribution in [0.5, 0.6) is 11.6 Å². The van der Waals surface area contributed by atoms with Crippen LogP contribution in [0.3, 0.4) is 0 Å². The van der Waals surface area contributed by atoms with Crippen LogP contribution in [-0.4, -0.2) is 106 Å². The molecule has 2 atom stereocenters. The number of aromatic nitrogens is 3. The Balaban J connectivity index is 1.11. The van der Waals surface area contributed by atoms with E-state index in [0.29, 0.717) is 34.9 Å². The summed E-state index contributed by atoms with van der Waals surface area (Å²) in [5, 5.41) is 23.1. The Morgan fingerprint density at radius 2 is 1.90 bits per heavy atom. The molecule has 260 valence electrons. The Morgan fingerprint density at radius 3 is 2.55 bits per heavy atom. The molecule has 2 N–H and O–H groups in total. The van der Waals surface area contributed by atoms with Crippen LogP contribution in [0.15, 0.2) is 42.6 Å². The number of likely N-dealkylation sites (tertiary alicyclic amines) is 2. The van der Waals surface area contributed by atoms with Crippen LogP contribution >= 0.6 is 0 Å². The van der Waals surface area contributed by atoms with Gasteiger partial charge in [-0.05, 0) is 74.2 Å². The number of methoxy groups -OCH3 is 1. The van der Waals surface area contributed by atoms with Crippen molar-refractivity contribution >= 4 is 17.7 Å². The number of piperidine rings is 2. The molecule has 0 saturated carbocycles. The maximum Gasteiger partial charge on any atom is 0.301 e. The third-order valence-electron chi connectivity index (χ3n) is 9.48. The molecule has 3 aromatic rings. The van der Waals surface area contributed by atoms with Gasteiger partial charge >= 0.3 is 5.92 Å². The third-order valence-corrected chi connectivity index (χ3v) is 9.48. The van der Waals surface area contributed by atoms with Gasteiger partial charge in [0.15, 0.2) is 6.10 Å². The summed E-state index contributed by atoms with van der Waals surface area (Å²) < 4.78 is 47.0. The van der Waals surface area contributed by atoms with Crippen LogP contribution in [0, 0.1) is 17.2 Å². The molecule has 3 aliphatic rings. The number of anilines is 2. The lowest BCUT2D eigenvalue weighted by Gasteiger charge is -2.41. The van der Waals surface area contributed by atoms with E-state index in [-0.39, 0.29) is 30.2 Å². The van der Waals surface area contributed by atoms with Gasteiger partial charge in [0.1, 0.15) is 23.7 Å². The van der Waals surface area contributed by atoms with Crippen molar-refractivity contribution in [3.63, 3.8) is 0 Å². The molecule has 5 heterocycles. The SMILES string of the molecule is COc1nc(Nc2nccc(-c3ccc(OC4CCN(C(=O)[C@H](O)C(C)C)CC4(F)F)c(C#N)c3)n2)ccc1C1CCN(C2COC2)CC1. The predicted molar refractivity (Wildman–Crippen MR) is 176 cm³/mol. The molecule has 49 heavy (non-hydrogen) atoms. The largest absolute Gasteiger partial charge is 0.483 e. The zero-order valence-corrected chi connectivity index (χ0v) is 27.8. The Bertz CT molecular complexity index is 1690. The van der Waals surface area contributed by atoms with Gasteiger partial charge in [-0.15, -0.1) is 0 Å². The maximum absolute atomic E-state index is 15.1. The highest BCUT2D eigenvalue weighted by Gasteiger charge is 2.48. The van der Waals surface area contributed by atoms with Crippen molar-refractivity contribution < 1.29 is 32.9 Å². The highest BCUT2D eigenvalue weighted by atomic mass is 19.3. The van der Waals surface area contributed by atoms with E-state index in [9.17, 15) is 15.2 Å². The zero-order valence-electron chi connectivity index (χ0n) is 27.8. The van der Waals surface area contributed by atoms with Gasteiger partial charge in [0.2, 0.25) is 11.8 Å². The molecular formula is C35H41F2N7O5. The summed E-state index contributed by atoms with van der Waals surface area (Å²) in [5.74, 6) is -2.82. The Morgan fingerprint density at radius 1 is 1.12 bits per heavy atom. The summed E-state index contributed by atoms with van der Waals surface area (Å²) >= 11 is 0. The van der Waals surface area contributed by atoms with E-state index in [0.717, 1.165) is 49.6 Å². The van der Waals surface area contributed by atoms with E-state index in [1.165, 1.54) is 12.1 Å². The monoisotopic (exact) mass is 677 g/mol. The number of hydrogen-bond acceptors (Lipinski definition) is 11. The van der Waals surface area contributed by atoms with Crippen molar-refractivity contribution in [2.24, 2.45) is 5.92 Å². The minimum atomic E-state index is -3.39. The second kappa shape index (κ2) is 14.6. The molecule has 1 aromatic carbocycles. The second-order valence-electron chi connectivity index (χ2n) is 13.1. The number of benzene rings is 1. The molecule has 3 saturated heterocycles. The van der Waals surface area contributed by atoms with E-state index in [1.807, 2.05) is 18.2 Å². The first kappa shape index (κ1) is 34.4. The molecule has 3 fully saturated rings. The van der Waals surface area contributed by atoms with Crippen molar-refractivity contribution in [2.75, 3.05) is 51.8 Å². The molecule has 14 heteroatoms. The van der Waals surface area contributed by atoms with Gasteiger partial charge < -0.3 is 29.5 Å². The van der Waals surface area contributed by atoms with Crippen LogP contribution in [0.25, 0.3) is 11.3 Å². The van der Waals surface area contributed by atoms with Crippen LogP contribution in [0.2, 0.25) is 0 Å².